The molecule has 1 aliphatic carbocycles. The fourth-order valence-corrected chi connectivity index (χ4v) is 4.50. The van der Waals surface area contributed by atoms with E-state index in [0.29, 0.717) is 6.04 Å². The second-order valence-corrected chi connectivity index (χ2v) is 8.48. The van der Waals surface area contributed by atoms with Crippen LogP contribution in [0.3, 0.4) is 0 Å². The summed E-state index contributed by atoms with van der Waals surface area (Å²) in [6.07, 6.45) is 15.3. The summed E-state index contributed by atoms with van der Waals surface area (Å²) in [5.74, 6) is 1.99. The third-order valence-corrected chi connectivity index (χ3v) is 6.23. The van der Waals surface area contributed by atoms with Crippen LogP contribution in [0, 0.1) is 5.92 Å². The number of nitrogens with zero attached hydrogens (tertiary/aromatic N) is 2. The molecule has 0 radical (unpaired) electrons. The zero-order valence-corrected chi connectivity index (χ0v) is 18.0. The summed E-state index contributed by atoms with van der Waals surface area (Å²) in [6.45, 7) is 6.79. The Labute approximate surface area is 172 Å². The molecule has 1 fully saturated rings. The van der Waals surface area contributed by atoms with Gasteiger partial charge in [-0.15, -0.1) is 0 Å². The summed E-state index contributed by atoms with van der Waals surface area (Å²) in [7, 11) is 0. The Morgan fingerprint density at radius 1 is 1.04 bits per heavy atom. The molecule has 3 nitrogen and oxygen atoms in total. The van der Waals surface area contributed by atoms with E-state index >= 15 is 0 Å². The highest BCUT2D eigenvalue weighted by molar-refractivity contribution is 5.56. The van der Waals surface area contributed by atoms with Crippen LogP contribution >= 0.6 is 0 Å². The molecule has 1 atom stereocenters. The van der Waals surface area contributed by atoms with E-state index in [9.17, 15) is 0 Å². The summed E-state index contributed by atoms with van der Waals surface area (Å²) in [5.41, 5.74) is 2.61. The SMILES string of the molecule is CCCC[C@@H](NCC1CCCCC1)c1cnc(-c2ccccc2)n1CCCC. The smallest absolute Gasteiger partial charge is 0.140 e. The topological polar surface area (TPSA) is 29.9 Å². The molecule has 1 aromatic carbocycles. The first kappa shape index (κ1) is 21.1. The van der Waals surface area contributed by atoms with Gasteiger partial charge in [0.2, 0.25) is 0 Å². The van der Waals surface area contributed by atoms with Crippen molar-refractivity contribution in [3.05, 3.63) is 42.2 Å². The summed E-state index contributed by atoms with van der Waals surface area (Å²) < 4.78 is 2.49. The summed E-state index contributed by atoms with van der Waals surface area (Å²) in [4.78, 5) is 4.89. The molecular weight excluding hydrogens is 342 g/mol. The van der Waals surface area contributed by atoms with Gasteiger partial charge in [0, 0.05) is 18.2 Å². The van der Waals surface area contributed by atoms with Crippen LogP contribution < -0.4 is 5.32 Å². The molecule has 1 aliphatic rings. The molecule has 0 unspecified atom stereocenters. The zero-order chi connectivity index (χ0) is 19.6. The standard InChI is InChI=1S/C25H39N3/c1-3-5-17-23(26-19-21-13-9-7-10-14-21)24-20-27-25(28(24)18-6-4-2)22-15-11-8-12-16-22/h8,11-12,15-16,20-21,23,26H,3-7,9-10,13-14,17-19H2,1-2H3/t23-/m1/s1. The van der Waals surface area contributed by atoms with Gasteiger partial charge in [0.15, 0.2) is 0 Å². The van der Waals surface area contributed by atoms with Crippen LogP contribution in [-0.2, 0) is 6.54 Å². The van der Waals surface area contributed by atoms with Gasteiger partial charge in [-0.2, -0.15) is 0 Å². The average molecular weight is 382 g/mol. The quantitative estimate of drug-likeness (QED) is 0.466. The fourth-order valence-electron chi connectivity index (χ4n) is 4.50. The molecule has 0 saturated heterocycles. The van der Waals surface area contributed by atoms with Gasteiger partial charge in [0.05, 0.1) is 11.9 Å². The van der Waals surface area contributed by atoms with E-state index in [2.05, 4.69) is 60.3 Å². The van der Waals surface area contributed by atoms with E-state index in [-0.39, 0.29) is 0 Å². The van der Waals surface area contributed by atoms with Crippen LogP contribution in [0.4, 0.5) is 0 Å². The molecular formula is C25H39N3. The second kappa shape index (κ2) is 11.4. The third-order valence-electron chi connectivity index (χ3n) is 6.23. The van der Waals surface area contributed by atoms with Crippen molar-refractivity contribution in [3.8, 4) is 11.4 Å². The Kier molecular flexibility index (Phi) is 8.60. The largest absolute Gasteiger partial charge is 0.327 e. The van der Waals surface area contributed by atoms with E-state index in [4.69, 9.17) is 4.98 Å². The van der Waals surface area contributed by atoms with Crippen molar-refractivity contribution in [1.82, 2.24) is 14.9 Å². The Balaban J connectivity index is 1.81. The van der Waals surface area contributed by atoms with Gasteiger partial charge in [-0.05, 0) is 38.1 Å². The lowest BCUT2D eigenvalue weighted by Crippen LogP contribution is -2.30. The number of hydrogen-bond donors (Lipinski definition) is 1. The number of rotatable bonds is 11. The van der Waals surface area contributed by atoms with Crippen molar-refractivity contribution in [2.24, 2.45) is 5.92 Å². The number of nitrogens with one attached hydrogen (secondary N) is 1. The second-order valence-electron chi connectivity index (χ2n) is 8.48. The molecule has 0 bridgehead atoms. The van der Waals surface area contributed by atoms with Crippen LogP contribution in [0.1, 0.15) is 89.8 Å². The van der Waals surface area contributed by atoms with Gasteiger partial charge in [-0.25, -0.2) is 4.98 Å². The van der Waals surface area contributed by atoms with Crippen molar-refractivity contribution in [2.45, 2.75) is 90.6 Å². The van der Waals surface area contributed by atoms with E-state index in [1.54, 1.807) is 0 Å². The molecule has 0 spiro atoms. The Hall–Kier alpha value is -1.61. The zero-order valence-electron chi connectivity index (χ0n) is 18.0. The Morgan fingerprint density at radius 3 is 2.50 bits per heavy atom. The van der Waals surface area contributed by atoms with Crippen molar-refractivity contribution in [2.75, 3.05) is 6.54 Å². The van der Waals surface area contributed by atoms with Gasteiger partial charge in [0.25, 0.3) is 0 Å². The lowest BCUT2D eigenvalue weighted by Gasteiger charge is -2.26. The van der Waals surface area contributed by atoms with Crippen LogP contribution in [0.25, 0.3) is 11.4 Å². The molecule has 1 N–H and O–H groups in total. The number of aromatic nitrogens is 2. The summed E-state index contributed by atoms with van der Waals surface area (Å²) in [5, 5.41) is 3.96. The molecule has 1 saturated carbocycles. The molecule has 0 amide bonds. The monoisotopic (exact) mass is 381 g/mol. The van der Waals surface area contributed by atoms with E-state index < -0.39 is 0 Å². The van der Waals surface area contributed by atoms with Crippen molar-refractivity contribution < 1.29 is 0 Å². The first-order chi connectivity index (χ1) is 13.8. The van der Waals surface area contributed by atoms with Crippen molar-refractivity contribution in [1.29, 1.82) is 0 Å². The van der Waals surface area contributed by atoms with Gasteiger partial charge in [-0.1, -0.05) is 82.7 Å². The molecule has 3 heteroatoms. The maximum Gasteiger partial charge on any atom is 0.140 e. The maximum atomic E-state index is 4.89. The highest BCUT2D eigenvalue weighted by Gasteiger charge is 2.21. The number of imidazole rings is 1. The van der Waals surface area contributed by atoms with E-state index in [0.717, 1.165) is 24.8 Å². The lowest BCUT2D eigenvalue weighted by molar-refractivity contribution is 0.318. The van der Waals surface area contributed by atoms with E-state index in [1.807, 2.05) is 0 Å². The third kappa shape index (κ3) is 5.70. The molecule has 2 aromatic rings. The van der Waals surface area contributed by atoms with Gasteiger partial charge in [0.1, 0.15) is 5.82 Å². The maximum absolute atomic E-state index is 4.89. The molecule has 1 aromatic heterocycles. The Bertz CT molecular complexity index is 670. The molecule has 154 valence electrons. The highest BCUT2D eigenvalue weighted by atomic mass is 15.1. The molecule has 28 heavy (non-hydrogen) atoms. The predicted octanol–water partition coefficient (Wildman–Crippen LogP) is 6.75. The minimum Gasteiger partial charge on any atom is -0.327 e. The molecule has 3 rings (SSSR count). The number of benzene rings is 1. The highest BCUT2D eigenvalue weighted by Crippen LogP contribution is 2.28. The minimum absolute atomic E-state index is 0.420. The van der Waals surface area contributed by atoms with Gasteiger partial charge < -0.3 is 9.88 Å². The predicted molar refractivity (Wildman–Crippen MR) is 119 cm³/mol. The van der Waals surface area contributed by atoms with E-state index in [1.165, 1.54) is 75.5 Å². The van der Waals surface area contributed by atoms with Gasteiger partial charge >= 0.3 is 0 Å². The average Bonchev–Trinajstić information content (AvgIpc) is 3.17. The lowest BCUT2D eigenvalue weighted by atomic mass is 9.89. The van der Waals surface area contributed by atoms with Crippen LogP contribution in [0.2, 0.25) is 0 Å². The summed E-state index contributed by atoms with van der Waals surface area (Å²) in [6, 6.07) is 11.1. The van der Waals surface area contributed by atoms with Crippen molar-refractivity contribution in [3.63, 3.8) is 0 Å². The van der Waals surface area contributed by atoms with Crippen LogP contribution in [0.15, 0.2) is 36.5 Å². The number of unbranched alkanes of at least 4 members (excludes halogenated alkanes) is 2. The molecule has 0 aliphatic heterocycles. The van der Waals surface area contributed by atoms with Crippen LogP contribution in [0.5, 0.6) is 0 Å². The molecule has 1 heterocycles. The van der Waals surface area contributed by atoms with Gasteiger partial charge in [-0.3, -0.25) is 0 Å². The normalized spacial score (nSPS) is 16.4. The minimum atomic E-state index is 0.420. The fraction of sp³-hybridized carbons (Fsp3) is 0.640. The first-order valence-electron chi connectivity index (χ1n) is 11.7. The number of hydrogen-bond acceptors (Lipinski definition) is 2. The van der Waals surface area contributed by atoms with Crippen LogP contribution in [-0.4, -0.2) is 16.1 Å². The summed E-state index contributed by atoms with van der Waals surface area (Å²) >= 11 is 0. The van der Waals surface area contributed by atoms with Crippen molar-refractivity contribution >= 4 is 0 Å². The Morgan fingerprint density at radius 2 is 1.79 bits per heavy atom. The first-order valence-corrected chi connectivity index (χ1v) is 11.7.